The van der Waals surface area contributed by atoms with E-state index in [0.29, 0.717) is 18.4 Å². The zero-order valence-corrected chi connectivity index (χ0v) is 17.4. The van der Waals surface area contributed by atoms with Gasteiger partial charge in [-0.25, -0.2) is 0 Å². The van der Waals surface area contributed by atoms with E-state index < -0.39 is 0 Å². The molecule has 1 aromatic heterocycles. The number of benzene rings is 1. The van der Waals surface area contributed by atoms with Crippen LogP contribution in [0.2, 0.25) is 0 Å². The summed E-state index contributed by atoms with van der Waals surface area (Å²) in [5.74, 6) is 0.346. The van der Waals surface area contributed by atoms with Crippen LogP contribution < -0.4 is 5.32 Å². The molecular formula is C21H26IN3O. The number of hydrogen-bond donors (Lipinski definition) is 2. The van der Waals surface area contributed by atoms with Crippen molar-refractivity contribution in [1.29, 1.82) is 0 Å². The molecule has 2 aromatic rings. The Kier molecular flexibility index (Phi) is 3.91. The first-order valence-electron chi connectivity index (χ1n) is 9.90. The van der Waals surface area contributed by atoms with Gasteiger partial charge in [-0.3, -0.25) is 10.1 Å². The second kappa shape index (κ2) is 5.96. The molecule has 2 atom stereocenters. The van der Waals surface area contributed by atoms with E-state index in [4.69, 9.17) is 0 Å². The second-order valence-corrected chi connectivity index (χ2v) is 9.23. The van der Waals surface area contributed by atoms with Crippen LogP contribution in [0.1, 0.15) is 50.3 Å². The molecule has 4 nitrogen and oxygen atoms in total. The van der Waals surface area contributed by atoms with E-state index in [1.54, 1.807) is 0 Å². The first kappa shape index (κ1) is 17.0. The van der Waals surface area contributed by atoms with Gasteiger partial charge in [0.1, 0.15) is 5.66 Å². The van der Waals surface area contributed by atoms with Crippen molar-refractivity contribution in [2.45, 2.75) is 57.2 Å². The van der Waals surface area contributed by atoms with E-state index in [0.717, 1.165) is 43.1 Å². The zero-order chi connectivity index (χ0) is 17.9. The Hall–Kier alpha value is -1.08. The lowest BCUT2D eigenvalue weighted by atomic mass is 9.67. The van der Waals surface area contributed by atoms with Crippen LogP contribution in [0.4, 0.5) is 0 Å². The summed E-state index contributed by atoms with van der Waals surface area (Å²) in [4.78, 5) is 19.3. The monoisotopic (exact) mass is 463 g/mol. The average Bonchev–Trinajstić information content (AvgIpc) is 3.35. The van der Waals surface area contributed by atoms with E-state index in [2.05, 4.69) is 69.0 Å². The quantitative estimate of drug-likeness (QED) is 0.531. The van der Waals surface area contributed by atoms with Crippen LogP contribution in [0.3, 0.4) is 0 Å². The fourth-order valence-corrected chi connectivity index (χ4v) is 6.68. The van der Waals surface area contributed by atoms with E-state index >= 15 is 0 Å². The number of para-hydroxylation sites is 1. The number of aromatic amines is 1. The van der Waals surface area contributed by atoms with E-state index in [-0.39, 0.29) is 11.1 Å². The lowest BCUT2D eigenvalue weighted by Crippen LogP contribution is -2.64. The number of amides is 1. The van der Waals surface area contributed by atoms with Gasteiger partial charge in [-0.2, -0.15) is 0 Å². The summed E-state index contributed by atoms with van der Waals surface area (Å²) in [7, 11) is 0. The number of H-pyrrole nitrogens is 1. The minimum atomic E-state index is -0.363. The molecule has 3 aliphatic rings. The van der Waals surface area contributed by atoms with Gasteiger partial charge in [-0.05, 0) is 43.7 Å². The molecule has 2 N–H and O–H groups in total. The fraction of sp³-hybridized carbons (Fsp3) is 0.571. The molecule has 1 aromatic carbocycles. The Labute approximate surface area is 168 Å². The van der Waals surface area contributed by atoms with Gasteiger partial charge in [-0.1, -0.05) is 47.7 Å². The molecule has 138 valence electrons. The highest BCUT2D eigenvalue weighted by Gasteiger charge is 2.66. The molecule has 2 fully saturated rings. The first-order chi connectivity index (χ1) is 12.7. The lowest BCUT2D eigenvalue weighted by Gasteiger charge is -2.52. The van der Waals surface area contributed by atoms with Crippen molar-refractivity contribution in [2.24, 2.45) is 5.41 Å². The topological polar surface area (TPSA) is 48.1 Å². The van der Waals surface area contributed by atoms with Crippen molar-refractivity contribution >= 4 is 39.4 Å². The molecule has 1 saturated carbocycles. The van der Waals surface area contributed by atoms with Crippen molar-refractivity contribution in [1.82, 2.24) is 15.2 Å². The minimum Gasteiger partial charge on any atom is -0.355 e. The van der Waals surface area contributed by atoms with E-state index in [1.165, 1.54) is 22.2 Å². The third-order valence-electron chi connectivity index (χ3n) is 6.98. The Morgan fingerprint density at radius 3 is 2.85 bits per heavy atom. The Bertz CT molecular complexity index is 873. The molecule has 5 rings (SSSR count). The van der Waals surface area contributed by atoms with Crippen LogP contribution in [0.15, 0.2) is 24.3 Å². The number of carbonyl (C=O) groups excluding carboxylic acids is 1. The lowest BCUT2D eigenvalue weighted by molar-refractivity contribution is -0.134. The summed E-state index contributed by atoms with van der Waals surface area (Å²) in [6.07, 6.45) is 6.08. The number of likely N-dealkylation sites (tertiary alicyclic amines) is 1. The van der Waals surface area contributed by atoms with Crippen molar-refractivity contribution in [3.63, 3.8) is 0 Å². The molecule has 3 heterocycles. The fourth-order valence-electron chi connectivity index (χ4n) is 5.65. The van der Waals surface area contributed by atoms with Crippen LogP contribution in [0, 0.1) is 5.41 Å². The molecule has 0 bridgehead atoms. The normalized spacial score (nSPS) is 31.2. The largest absolute Gasteiger partial charge is 0.355 e. The SMILES string of the molecule is CC[C@]1(CCI)CC(=O)N(C2CC2)[C@@]12NCCc1c2[nH]c2ccccc12. The van der Waals surface area contributed by atoms with Crippen LogP contribution in [0.5, 0.6) is 0 Å². The highest BCUT2D eigenvalue weighted by Crippen LogP contribution is 2.60. The van der Waals surface area contributed by atoms with Crippen LogP contribution >= 0.6 is 22.6 Å². The number of aromatic nitrogens is 1. The van der Waals surface area contributed by atoms with Gasteiger partial charge < -0.3 is 9.88 Å². The summed E-state index contributed by atoms with van der Waals surface area (Å²) < 4.78 is 1.08. The van der Waals surface area contributed by atoms with Crippen LogP contribution in [-0.4, -0.2) is 32.8 Å². The van der Waals surface area contributed by atoms with Crippen LogP contribution in [0.25, 0.3) is 10.9 Å². The molecule has 1 amide bonds. The molecule has 1 spiro atoms. The highest BCUT2D eigenvalue weighted by molar-refractivity contribution is 14.1. The molecule has 5 heteroatoms. The second-order valence-electron chi connectivity index (χ2n) is 8.16. The number of fused-ring (bicyclic) bond motifs is 4. The Morgan fingerprint density at radius 1 is 1.31 bits per heavy atom. The first-order valence-corrected chi connectivity index (χ1v) is 11.4. The van der Waals surface area contributed by atoms with Gasteiger partial charge in [0, 0.05) is 39.8 Å². The smallest absolute Gasteiger partial charge is 0.225 e. The molecule has 2 aliphatic heterocycles. The number of halogens is 1. The number of carbonyl (C=O) groups is 1. The maximum absolute atomic E-state index is 13.3. The third-order valence-corrected chi connectivity index (χ3v) is 7.52. The predicted molar refractivity (Wildman–Crippen MR) is 112 cm³/mol. The summed E-state index contributed by atoms with van der Waals surface area (Å²) in [5.41, 5.74) is 3.50. The van der Waals surface area contributed by atoms with Gasteiger partial charge in [-0.15, -0.1) is 0 Å². The highest BCUT2D eigenvalue weighted by atomic mass is 127. The summed E-state index contributed by atoms with van der Waals surface area (Å²) in [6, 6.07) is 9.04. The molecule has 26 heavy (non-hydrogen) atoms. The van der Waals surface area contributed by atoms with Gasteiger partial charge in [0.05, 0.1) is 5.69 Å². The van der Waals surface area contributed by atoms with Gasteiger partial charge in [0.2, 0.25) is 5.91 Å². The Morgan fingerprint density at radius 2 is 2.12 bits per heavy atom. The maximum atomic E-state index is 13.3. The van der Waals surface area contributed by atoms with Gasteiger partial charge >= 0.3 is 0 Å². The van der Waals surface area contributed by atoms with E-state index in [9.17, 15) is 4.79 Å². The molecule has 0 unspecified atom stereocenters. The number of alkyl halides is 1. The zero-order valence-electron chi connectivity index (χ0n) is 15.3. The van der Waals surface area contributed by atoms with E-state index in [1.807, 2.05) is 0 Å². The molecule has 0 radical (unpaired) electrons. The van der Waals surface area contributed by atoms with Crippen molar-refractivity contribution in [3.05, 3.63) is 35.5 Å². The summed E-state index contributed by atoms with van der Waals surface area (Å²) in [5, 5.41) is 5.24. The summed E-state index contributed by atoms with van der Waals surface area (Å²) >= 11 is 2.48. The van der Waals surface area contributed by atoms with Crippen molar-refractivity contribution in [2.75, 3.05) is 11.0 Å². The minimum absolute atomic E-state index is 0.0378. The predicted octanol–water partition coefficient (Wildman–Crippen LogP) is 4.08. The standard InChI is InChI=1S/C21H26IN3O/c1-2-20(10-11-22)13-18(26)25(14-7-8-14)21(20)19-16(9-12-23-21)15-5-3-4-6-17(15)24-19/h3-6,14,23-24H,2,7-13H2,1H3/t20-,21+/m0/s1. The average molecular weight is 463 g/mol. The number of nitrogens with one attached hydrogen (secondary N) is 2. The molecule has 1 saturated heterocycles. The number of nitrogens with zero attached hydrogens (tertiary/aromatic N) is 1. The maximum Gasteiger partial charge on any atom is 0.225 e. The van der Waals surface area contributed by atoms with Gasteiger partial charge in [0.15, 0.2) is 0 Å². The van der Waals surface area contributed by atoms with Crippen molar-refractivity contribution < 1.29 is 4.79 Å². The molecule has 1 aliphatic carbocycles. The number of rotatable bonds is 4. The van der Waals surface area contributed by atoms with Crippen LogP contribution in [-0.2, 0) is 16.9 Å². The Balaban J connectivity index is 1.80. The van der Waals surface area contributed by atoms with Gasteiger partial charge in [0.25, 0.3) is 0 Å². The summed E-state index contributed by atoms with van der Waals surface area (Å²) in [6.45, 7) is 3.21. The third kappa shape index (κ3) is 2.07. The molecular weight excluding hydrogens is 437 g/mol. The number of hydrogen-bond acceptors (Lipinski definition) is 2. The van der Waals surface area contributed by atoms with Crippen molar-refractivity contribution in [3.8, 4) is 0 Å².